The highest BCUT2D eigenvalue weighted by molar-refractivity contribution is 5.68. The van der Waals surface area contributed by atoms with Crippen LogP contribution in [-0.2, 0) is 0 Å². The summed E-state index contributed by atoms with van der Waals surface area (Å²) in [6, 6.07) is 0. The Morgan fingerprint density at radius 3 is 1.12 bits per heavy atom. The maximum atomic E-state index is 14.2. The topological polar surface area (TPSA) is 0 Å². The van der Waals surface area contributed by atoms with Crippen LogP contribution in [0.4, 0.5) is 39.5 Å². The molecule has 0 aliphatic heterocycles. The molecule has 2 aromatic carbocycles. The molecule has 0 fully saturated rings. The van der Waals surface area contributed by atoms with Crippen molar-refractivity contribution >= 4 is 0 Å². The van der Waals surface area contributed by atoms with E-state index in [1.807, 2.05) is 0 Å². The van der Waals surface area contributed by atoms with E-state index in [9.17, 15) is 39.5 Å². The van der Waals surface area contributed by atoms with Gasteiger partial charge in [0.15, 0.2) is 46.5 Å². The normalized spacial score (nSPS) is 12.6. The lowest BCUT2D eigenvalue weighted by Gasteiger charge is -2.17. The molecule has 25 heavy (non-hydrogen) atoms. The monoisotopic (exact) mass is 372 g/mol. The fourth-order valence-electron chi connectivity index (χ4n) is 2.33. The SMILES string of the molecule is CCC(C)c1c(F)c(F)c(-c2c(F)c(F)c(F)c(F)c2F)c(F)c1F. The van der Waals surface area contributed by atoms with Gasteiger partial charge in [0, 0.05) is 5.56 Å². The van der Waals surface area contributed by atoms with Gasteiger partial charge in [-0.2, -0.15) is 0 Å². The summed E-state index contributed by atoms with van der Waals surface area (Å²) in [6.45, 7) is 2.69. The van der Waals surface area contributed by atoms with E-state index in [0.717, 1.165) is 0 Å². The largest absolute Gasteiger partial charge is 0.203 e. The van der Waals surface area contributed by atoms with Crippen molar-refractivity contribution in [1.82, 2.24) is 0 Å². The van der Waals surface area contributed by atoms with Gasteiger partial charge in [-0.25, -0.2) is 39.5 Å². The van der Waals surface area contributed by atoms with Crippen molar-refractivity contribution < 1.29 is 39.5 Å². The summed E-state index contributed by atoms with van der Waals surface area (Å²) in [5.74, 6) is -22.2. The Morgan fingerprint density at radius 1 is 0.520 bits per heavy atom. The van der Waals surface area contributed by atoms with Crippen LogP contribution in [0, 0.1) is 52.4 Å². The molecule has 0 nitrogen and oxygen atoms in total. The number of rotatable bonds is 3. The third-order valence-corrected chi connectivity index (χ3v) is 3.86. The van der Waals surface area contributed by atoms with Crippen LogP contribution >= 0.6 is 0 Å². The zero-order valence-electron chi connectivity index (χ0n) is 12.7. The van der Waals surface area contributed by atoms with Crippen molar-refractivity contribution in [2.75, 3.05) is 0 Å². The van der Waals surface area contributed by atoms with Gasteiger partial charge in [0.05, 0.1) is 11.1 Å². The Hall–Kier alpha value is -2.19. The quantitative estimate of drug-likeness (QED) is 0.346. The fraction of sp³-hybridized carbons (Fsp3) is 0.250. The van der Waals surface area contributed by atoms with E-state index in [-0.39, 0.29) is 6.42 Å². The maximum absolute atomic E-state index is 14.2. The van der Waals surface area contributed by atoms with Crippen molar-refractivity contribution in [3.05, 3.63) is 57.9 Å². The molecule has 0 aliphatic rings. The summed E-state index contributed by atoms with van der Waals surface area (Å²) in [5, 5.41) is 0. The lowest BCUT2D eigenvalue weighted by Crippen LogP contribution is -2.12. The number of hydrogen-bond donors (Lipinski definition) is 0. The first kappa shape index (κ1) is 19.1. The number of hydrogen-bond acceptors (Lipinski definition) is 0. The summed E-state index contributed by atoms with van der Waals surface area (Å²) in [7, 11) is 0. The van der Waals surface area contributed by atoms with Crippen LogP contribution in [0.2, 0.25) is 0 Å². The average Bonchev–Trinajstić information content (AvgIpc) is 2.59. The molecule has 0 saturated carbocycles. The van der Waals surface area contributed by atoms with Gasteiger partial charge in [0.1, 0.15) is 0 Å². The molecule has 0 bridgehead atoms. The van der Waals surface area contributed by atoms with Crippen LogP contribution in [0.3, 0.4) is 0 Å². The molecule has 0 saturated heterocycles. The van der Waals surface area contributed by atoms with Gasteiger partial charge in [-0.15, -0.1) is 0 Å². The molecule has 2 rings (SSSR count). The van der Waals surface area contributed by atoms with Crippen LogP contribution < -0.4 is 0 Å². The third kappa shape index (κ3) is 2.75. The van der Waals surface area contributed by atoms with E-state index in [1.165, 1.54) is 13.8 Å². The Labute approximate surface area is 135 Å². The second-order valence-corrected chi connectivity index (χ2v) is 5.30. The number of benzene rings is 2. The fourth-order valence-corrected chi connectivity index (χ4v) is 2.33. The van der Waals surface area contributed by atoms with E-state index in [1.54, 1.807) is 0 Å². The second kappa shape index (κ2) is 6.61. The first-order valence-corrected chi connectivity index (χ1v) is 6.93. The van der Waals surface area contributed by atoms with Gasteiger partial charge in [-0.1, -0.05) is 13.8 Å². The van der Waals surface area contributed by atoms with E-state index < -0.39 is 75.0 Å². The molecule has 0 radical (unpaired) electrons. The molecule has 1 unspecified atom stereocenters. The Bertz CT molecular complexity index is 800. The molecule has 0 aromatic heterocycles. The van der Waals surface area contributed by atoms with Crippen LogP contribution in [-0.4, -0.2) is 0 Å². The van der Waals surface area contributed by atoms with E-state index in [2.05, 4.69) is 0 Å². The van der Waals surface area contributed by atoms with Gasteiger partial charge in [-0.05, 0) is 12.3 Å². The Kier molecular flexibility index (Phi) is 5.06. The van der Waals surface area contributed by atoms with Crippen molar-refractivity contribution in [2.45, 2.75) is 26.2 Å². The molecule has 0 N–H and O–H groups in total. The first-order valence-electron chi connectivity index (χ1n) is 6.93. The van der Waals surface area contributed by atoms with Gasteiger partial charge >= 0.3 is 0 Å². The predicted molar refractivity (Wildman–Crippen MR) is 70.2 cm³/mol. The highest BCUT2D eigenvalue weighted by atomic mass is 19.2. The third-order valence-electron chi connectivity index (χ3n) is 3.86. The molecule has 0 spiro atoms. The lowest BCUT2D eigenvalue weighted by molar-refractivity contribution is 0.378. The Balaban J connectivity index is 2.97. The molecule has 0 aliphatic carbocycles. The van der Waals surface area contributed by atoms with Crippen LogP contribution in [0.5, 0.6) is 0 Å². The van der Waals surface area contributed by atoms with Gasteiger partial charge in [-0.3, -0.25) is 0 Å². The molecular formula is C16H9F9. The molecule has 136 valence electrons. The highest BCUT2D eigenvalue weighted by Gasteiger charge is 2.34. The molecule has 2 aromatic rings. The smallest absolute Gasteiger partial charge is 0.200 e. The molecule has 9 heteroatoms. The predicted octanol–water partition coefficient (Wildman–Crippen LogP) is 6.12. The van der Waals surface area contributed by atoms with Gasteiger partial charge < -0.3 is 0 Å². The van der Waals surface area contributed by atoms with Crippen LogP contribution in [0.15, 0.2) is 0 Å². The molecule has 0 amide bonds. The summed E-state index contributed by atoms with van der Waals surface area (Å²) in [5.41, 5.74) is -5.11. The van der Waals surface area contributed by atoms with Crippen LogP contribution in [0.1, 0.15) is 31.7 Å². The standard InChI is InChI=1S/C16H9F9/c1-3-4(2)5-8(17)10(19)6(11(20)9(5)18)7-12(21)14(23)16(25)15(24)13(7)22/h4H,3H2,1-2H3. The summed E-state index contributed by atoms with van der Waals surface area (Å²) in [6.07, 6.45) is 0.0641. The van der Waals surface area contributed by atoms with Crippen LogP contribution in [0.25, 0.3) is 11.1 Å². The molecule has 1 atom stereocenters. The van der Waals surface area contributed by atoms with Crippen molar-refractivity contribution in [3.63, 3.8) is 0 Å². The van der Waals surface area contributed by atoms with Gasteiger partial charge in [0.25, 0.3) is 0 Å². The van der Waals surface area contributed by atoms with E-state index in [4.69, 9.17) is 0 Å². The molecular weight excluding hydrogens is 363 g/mol. The second-order valence-electron chi connectivity index (χ2n) is 5.30. The maximum Gasteiger partial charge on any atom is 0.200 e. The highest BCUT2D eigenvalue weighted by Crippen LogP contribution is 2.39. The lowest BCUT2D eigenvalue weighted by atomic mass is 9.92. The zero-order chi connectivity index (χ0) is 19.2. The van der Waals surface area contributed by atoms with Crippen molar-refractivity contribution in [1.29, 1.82) is 0 Å². The van der Waals surface area contributed by atoms with Crippen molar-refractivity contribution in [2.24, 2.45) is 0 Å². The minimum Gasteiger partial charge on any atom is -0.203 e. The number of halogens is 9. The average molecular weight is 372 g/mol. The minimum atomic E-state index is -2.58. The van der Waals surface area contributed by atoms with Gasteiger partial charge in [0.2, 0.25) is 5.82 Å². The van der Waals surface area contributed by atoms with E-state index >= 15 is 0 Å². The summed E-state index contributed by atoms with van der Waals surface area (Å²) < 4.78 is 123. The first-order chi connectivity index (χ1) is 11.6. The minimum absolute atomic E-state index is 0.0641. The Morgan fingerprint density at radius 2 is 0.800 bits per heavy atom. The molecule has 0 heterocycles. The summed E-state index contributed by atoms with van der Waals surface area (Å²) in [4.78, 5) is 0. The van der Waals surface area contributed by atoms with E-state index in [0.29, 0.717) is 0 Å². The zero-order valence-corrected chi connectivity index (χ0v) is 12.7. The van der Waals surface area contributed by atoms with Crippen molar-refractivity contribution in [3.8, 4) is 11.1 Å². The summed E-state index contributed by atoms with van der Waals surface area (Å²) >= 11 is 0.